The average molecular weight is 333 g/mol. The second-order valence-corrected chi connectivity index (χ2v) is 6.18. The SMILES string of the molecule is CCCCN1C(C)=CSC1=CC(=O)c1ccc(OC)cc1OC. The van der Waals surface area contributed by atoms with Crippen molar-refractivity contribution in [1.82, 2.24) is 4.90 Å². The van der Waals surface area contributed by atoms with Crippen molar-refractivity contribution < 1.29 is 14.3 Å². The fourth-order valence-corrected chi connectivity index (χ4v) is 3.31. The molecule has 0 unspecified atom stereocenters. The maximum atomic E-state index is 12.6. The number of carbonyl (C=O) groups excluding carboxylic acids is 1. The van der Waals surface area contributed by atoms with Crippen LogP contribution in [0.2, 0.25) is 0 Å². The summed E-state index contributed by atoms with van der Waals surface area (Å²) in [4.78, 5) is 14.8. The molecule has 0 bridgehead atoms. The van der Waals surface area contributed by atoms with Crippen molar-refractivity contribution in [2.24, 2.45) is 0 Å². The smallest absolute Gasteiger partial charge is 0.192 e. The van der Waals surface area contributed by atoms with Crippen molar-refractivity contribution in [2.45, 2.75) is 26.7 Å². The predicted molar refractivity (Wildman–Crippen MR) is 94.9 cm³/mol. The molecule has 1 heterocycles. The predicted octanol–water partition coefficient (Wildman–Crippen LogP) is 4.44. The molecule has 0 aromatic heterocycles. The molecule has 0 saturated heterocycles. The molecule has 124 valence electrons. The second-order valence-electron chi connectivity index (χ2n) is 5.30. The van der Waals surface area contributed by atoms with Gasteiger partial charge in [-0.05, 0) is 30.9 Å². The Bertz CT molecular complexity index is 637. The van der Waals surface area contributed by atoms with Crippen LogP contribution in [0, 0.1) is 0 Å². The Morgan fingerprint density at radius 1 is 1.30 bits per heavy atom. The van der Waals surface area contributed by atoms with Gasteiger partial charge in [-0.2, -0.15) is 0 Å². The van der Waals surface area contributed by atoms with Crippen molar-refractivity contribution >= 4 is 17.5 Å². The summed E-state index contributed by atoms with van der Waals surface area (Å²) in [5, 5.41) is 3.05. The van der Waals surface area contributed by atoms with Gasteiger partial charge in [0.25, 0.3) is 0 Å². The van der Waals surface area contributed by atoms with E-state index in [1.807, 2.05) is 0 Å². The number of nitrogens with zero attached hydrogens (tertiary/aromatic N) is 1. The average Bonchev–Trinajstić information content (AvgIpc) is 2.91. The van der Waals surface area contributed by atoms with Crippen molar-refractivity contribution in [1.29, 1.82) is 0 Å². The van der Waals surface area contributed by atoms with Crippen LogP contribution in [0.3, 0.4) is 0 Å². The van der Waals surface area contributed by atoms with E-state index in [0.29, 0.717) is 17.1 Å². The van der Waals surface area contributed by atoms with Crippen LogP contribution in [0.25, 0.3) is 0 Å². The van der Waals surface area contributed by atoms with Gasteiger partial charge in [0.1, 0.15) is 11.5 Å². The Morgan fingerprint density at radius 2 is 2.09 bits per heavy atom. The summed E-state index contributed by atoms with van der Waals surface area (Å²) in [5.41, 5.74) is 1.73. The molecule has 0 amide bonds. The lowest BCUT2D eigenvalue weighted by atomic mass is 10.1. The summed E-state index contributed by atoms with van der Waals surface area (Å²) in [7, 11) is 3.15. The first-order chi connectivity index (χ1) is 11.1. The van der Waals surface area contributed by atoms with Crippen molar-refractivity contribution in [3.05, 3.63) is 46.0 Å². The zero-order valence-corrected chi connectivity index (χ0v) is 14.9. The lowest BCUT2D eigenvalue weighted by molar-refractivity contribution is 0.104. The van der Waals surface area contributed by atoms with Gasteiger partial charge in [0.2, 0.25) is 0 Å². The van der Waals surface area contributed by atoms with Gasteiger partial charge in [-0.15, -0.1) is 0 Å². The van der Waals surface area contributed by atoms with Crippen LogP contribution < -0.4 is 9.47 Å². The number of unbranched alkanes of at least 4 members (excludes halogenated alkanes) is 1. The number of rotatable bonds is 7. The highest BCUT2D eigenvalue weighted by atomic mass is 32.2. The first-order valence-electron chi connectivity index (χ1n) is 7.69. The maximum absolute atomic E-state index is 12.6. The van der Waals surface area contributed by atoms with E-state index in [-0.39, 0.29) is 5.78 Å². The third-order valence-corrected chi connectivity index (χ3v) is 4.74. The first-order valence-corrected chi connectivity index (χ1v) is 8.57. The molecule has 1 aromatic carbocycles. The number of ketones is 1. The maximum Gasteiger partial charge on any atom is 0.192 e. The highest BCUT2D eigenvalue weighted by Gasteiger charge is 2.20. The van der Waals surface area contributed by atoms with Crippen LogP contribution >= 0.6 is 11.8 Å². The Kier molecular flexibility index (Phi) is 6.16. The van der Waals surface area contributed by atoms with E-state index in [2.05, 4.69) is 24.2 Å². The highest BCUT2D eigenvalue weighted by Crippen LogP contribution is 2.35. The van der Waals surface area contributed by atoms with Gasteiger partial charge >= 0.3 is 0 Å². The van der Waals surface area contributed by atoms with Gasteiger partial charge in [-0.25, -0.2) is 0 Å². The minimum absolute atomic E-state index is 0.0587. The largest absolute Gasteiger partial charge is 0.497 e. The molecule has 0 fully saturated rings. The molecule has 1 aliphatic rings. The minimum atomic E-state index is -0.0587. The molecule has 2 rings (SSSR count). The topological polar surface area (TPSA) is 38.8 Å². The van der Waals surface area contributed by atoms with E-state index in [0.717, 1.165) is 24.4 Å². The number of ether oxygens (including phenoxy) is 2. The normalized spacial score (nSPS) is 15.7. The van der Waals surface area contributed by atoms with Gasteiger partial charge in [0.05, 0.1) is 24.8 Å². The van der Waals surface area contributed by atoms with Crippen LogP contribution in [0.1, 0.15) is 37.0 Å². The lowest BCUT2D eigenvalue weighted by Gasteiger charge is -2.21. The number of methoxy groups -OCH3 is 2. The fourth-order valence-electron chi connectivity index (χ4n) is 2.35. The minimum Gasteiger partial charge on any atom is -0.497 e. The van der Waals surface area contributed by atoms with Gasteiger partial charge in [-0.3, -0.25) is 4.79 Å². The first kappa shape index (κ1) is 17.5. The van der Waals surface area contributed by atoms with Crippen molar-refractivity contribution in [3.8, 4) is 11.5 Å². The molecule has 5 heteroatoms. The molecule has 4 nitrogen and oxygen atoms in total. The summed E-state index contributed by atoms with van der Waals surface area (Å²) in [6.07, 6.45) is 3.92. The number of carbonyl (C=O) groups is 1. The van der Waals surface area contributed by atoms with E-state index in [4.69, 9.17) is 9.47 Å². The third-order valence-electron chi connectivity index (χ3n) is 3.71. The number of hydrogen-bond acceptors (Lipinski definition) is 5. The molecule has 0 atom stereocenters. The molecule has 0 spiro atoms. The summed E-state index contributed by atoms with van der Waals surface area (Å²) in [6.45, 7) is 5.17. The second kappa shape index (κ2) is 8.11. The van der Waals surface area contributed by atoms with Crippen LogP contribution in [-0.2, 0) is 0 Å². The number of benzene rings is 1. The summed E-state index contributed by atoms with van der Waals surface area (Å²) in [5.74, 6) is 1.14. The summed E-state index contributed by atoms with van der Waals surface area (Å²) in [6, 6.07) is 5.24. The van der Waals surface area contributed by atoms with Gasteiger partial charge in [0.15, 0.2) is 5.78 Å². The molecule has 0 N–H and O–H groups in total. The number of hydrogen-bond donors (Lipinski definition) is 0. The van der Waals surface area contributed by atoms with Gasteiger partial charge in [-0.1, -0.05) is 25.1 Å². The van der Waals surface area contributed by atoms with E-state index in [9.17, 15) is 4.79 Å². The summed E-state index contributed by atoms with van der Waals surface area (Å²) >= 11 is 1.59. The van der Waals surface area contributed by atoms with Crippen LogP contribution in [0.15, 0.2) is 40.4 Å². The van der Waals surface area contributed by atoms with Gasteiger partial charge in [0, 0.05) is 24.4 Å². The van der Waals surface area contributed by atoms with Crippen LogP contribution in [0.4, 0.5) is 0 Å². The van der Waals surface area contributed by atoms with E-state index in [1.54, 1.807) is 50.3 Å². The summed E-state index contributed by atoms with van der Waals surface area (Å²) < 4.78 is 10.5. The number of thioether (sulfide) groups is 1. The van der Waals surface area contributed by atoms with Crippen molar-refractivity contribution in [3.63, 3.8) is 0 Å². The molecule has 0 radical (unpaired) electrons. The van der Waals surface area contributed by atoms with Crippen LogP contribution in [0.5, 0.6) is 11.5 Å². The molecule has 1 aromatic rings. The molecular weight excluding hydrogens is 310 g/mol. The van der Waals surface area contributed by atoms with E-state index < -0.39 is 0 Å². The molecule has 0 saturated carbocycles. The zero-order chi connectivity index (χ0) is 16.8. The molecule has 23 heavy (non-hydrogen) atoms. The van der Waals surface area contributed by atoms with E-state index in [1.165, 1.54) is 5.70 Å². The van der Waals surface area contributed by atoms with Crippen molar-refractivity contribution in [2.75, 3.05) is 20.8 Å². The number of allylic oxidation sites excluding steroid dienone is 2. The Morgan fingerprint density at radius 3 is 2.74 bits per heavy atom. The van der Waals surface area contributed by atoms with Gasteiger partial charge < -0.3 is 14.4 Å². The van der Waals surface area contributed by atoms with Crippen LogP contribution in [-0.4, -0.2) is 31.4 Å². The standard InChI is InChI=1S/C18H23NO3S/c1-5-6-9-19-13(2)12-23-18(19)11-16(20)15-8-7-14(21-3)10-17(15)22-4/h7-8,10-12H,5-6,9H2,1-4H3. The molecule has 1 aliphatic heterocycles. The Labute approximate surface area is 142 Å². The van der Waals surface area contributed by atoms with E-state index >= 15 is 0 Å². The third kappa shape index (κ3) is 4.10. The fraction of sp³-hybridized carbons (Fsp3) is 0.389. The Hall–Kier alpha value is -1.88. The zero-order valence-electron chi connectivity index (χ0n) is 14.1. The monoisotopic (exact) mass is 333 g/mol. The molecule has 0 aliphatic carbocycles. The Balaban J connectivity index is 2.23. The lowest BCUT2D eigenvalue weighted by Crippen LogP contribution is -2.18. The highest BCUT2D eigenvalue weighted by molar-refractivity contribution is 8.06. The molecular formula is C18H23NO3S. The quantitative estimate of drug-likeness (QED) is 0.545.